The van der Waals surface area contributed by atoms with Gasteiger partial charge in [-0.25, -0.2) is 0 Å². The Kier molecular flexibility index (Phi) is 23.8. The third-order valence-corrected chi connectivity index (χ3v) is 0.941. The summed E-state index contributed by atoms with van der Waals surface area (Å²) >= 11 is 0. The van der Waals surface area contributed by atoms with Gasteiger partial charge in [0, 0.05) is 16.8 Å². The third kappa shape index (κ3) is 9.07. The van der Waals surface area contributed by atoms with Gasteiger partial charge < -0.3 is 9.59 Å². The van der Waals surface area contributed by atoms with Crippen LogP contribution in [0, 0.1) is 6.08 Å². The monoisotopic (exact) mass is 210 g/mol. The quantitative estimate of drug-likeness (QED) is 0.614. The van der Waals surface area contributed by atoms with E-state index in [1.165, 1.54) is 0 Å². The molecule has 1 radical (unpaired) electrons. The van der Waals surface area contributed by atoms with Crippen molar-refractivity contribution >= 4 is 13.6 Å². The minimum absolute atomic E-state index is 0. The fourth-order valence-corrected chi connectivity index (χ4v) is 0.562. The van der Waals surface area contributed by atoms with Crippen LogP contribution >= 0.6 is 0 Å². The molecule has 0 aromatic heterocycles. The molecule has 0 aromatic rings. The Bertz CT molecular complexity index is 160. The summed E-state index contributed by atoms with van der Waals surface area (Å²) in [4.78, 5) is 16.0. The van der Waals surface area contributed by atoms with Gasteiger partial charge in [0.25, 0.3) is 0 Å². The van der Waals surface area contributed by atoms with E-state index in [1.54, 1.807) is 0 Å². The molecule has 0 aromatic carbocycles. The SMILES string of the molecule is C=CC1=[C-]CC=C1.C=O.C=O.[Co]. The third-order valence-electron chi connectivity index (χ3n) is 0.941. The van der Waals surface area contributed by atoms with Crippen molar-refractivity contribution in [1.82, 2.24) is 0 Å². The summed E-state index contributed by atoms with van der Waals surface area (Å²) < 4.78 is 0. The van der Waals surface area contributed by atoms with Crippen LogP contribution < -0.4 is 0 Å². The van der Waals surface area contributed by atoms with Crippen LogP contribution in [-0.4, -0.2) is 13.6 Å². The van der Waals surface area contributed by atoms with Crippen molar-refractivity contribution < 1.29 is 26.4 Å². The van der Waals surface area contributed by atoms with Crippen molar-refractivity contribution in [3.05, 3.63) is 36.5 Å². The molecule has 0 spiro atoms. The van der Waals surface area contributed by atoms with E-state index in [-0.39, 0.29) is 16.8 Å². The number of carbonyl (C=O) groups excluding carboxylic acids is 2. The zero-order valence-electron chi connectivity index (χ0n) is 6.71. The molecule has 12 heavy (non-hydrogen) atoms. The van der Waals surface area contributed by atoms with E-state index < -0.39 is 0 Å². The van der Waals surface area contributed by atoms with E-state index in [9.17, 15) is 0 Å². The summed E-state index contributed by atoms with van der Waals surface area (Å²) in [5.41, 5.74) is 1.13. The number of hydrogen-bond donors (Lipinski definition) is 0. The van der Waals surface area contributed by atoms with Gasteiger partial charge in [0.1, 0.15) is 13.6 Å². The predicted octanol–water partition coefficient (Wildman–Crippen LogP) is 1.49. The smallest absolute Gasteiger partial charge is 0.106 e. The number of rotatable bonds is 1. The van der Waals surface area contributed by atoms with Crippen molar-refractivity contribution in [1.29, 1.82) is 0 Å². The average molecular weight is 210 g/mol. The first kappa shape index (κ1) is 17.2. The molecule has 1 rings (SSSR count). The first-order valence-electron chi connectivity index (χ1n) is 2.91. The Morgan fingerprint density at radius 1 is 1.33 bits per heavy atom. The van der Waals surface area contributed by atoms with Gasteiger partial charge in [-0.1, -0.05) is 6.42 Å². The number of hydrogen-bond acceptors (Lipinski definition) is 2. The summed E-state index contributed by atoms with van der Waals surface area (Å²) in [5.74, 6) is 0. The molecule has 1 aliphatic carbocycles. The average Bonchev–Trinajstić information content (AvgIpc) is 2.63. The van der Waals surface area contributed by atoms with Gasteiger partial charge in [-0.3, -0.25) is 0 Å². The van der Waals surface area contributed by atoms with Gasteiger partial charge in [0.05, 0.1) is 0 Å². The molecule has 0 bridgehead atoms. The van der Waals surface area contributed by atoms with Crippen LogP contribution in [-0.2, 0) is 26.4 Å². The van der Waals surface area contributed by atoms with E-state index in [2.05, 4.69) is 18.7 Å². The molecule has 2 nitrogen and oxygen atoms in total. The fourth-order valence-electron chi connectivity index (χ4n) is 0.562. The van der Waals surface area contributed by atoms with Crippen LogP contribution in [0.25, 0.3) is 0 Å². The van der Waals surface area contributed by atoms with E-state index in [4.69, 9.17) is 9.59 Å². The van der Waals surface area contributed by atoms with Gasteiger partial charge in [-0.15, -0.1) is 6.08 Å². The second kappa shape index (κ2) is 16.6. The standard InChI is InChI=1S/C7H7.2CH2O.Co/c1-2-7-5-3-4-6-7;2*1-2;/h2-3,5H,1,4H2;2*1H2;/q-1;;;. The van der Waals surface area contributed by atoms with Crippen LogP contribution in [0.2, 0.25) is 0 Å². The van der Waals surface area contributed by atoms with Gasteiger partial charge >= 0.3 is 0 Å². The Balaban J connectivity index is -0.000000144. The van der Waals surface area contributed by atoms with E-state index in [0.717, 1.165) is 12.0 Å². The van der Waals surface area contributed by atoms with Crippen LogP contribution in [0.15, 0.2) is 30.4 Å². The minimum Gasteiger partial charge on any atom is -0.307 e. The summed E-state index contributed by atoms with van der Waals surface area (Å²) in [6.45, 7) is 7.59. The van der Waals surface area contributed by atoms with E-state index in [0.29, 0.717) is 0 Å². The van der Waals surface area contributed by atoms with Gasteiger partial charge in [-0.05, 0) is 0 Å². The van der Waals surface area contributed by atoms with Crippen molar-refractivity contribution in [3.8, 4) is 0 Å². The second-order valence-electron chi connectivity index (χ2n) is 1.44. The Hall–Kier alpha value is -0.934. The summed E-state index contributed by atoms with van der Waals surface area (Å²) in [7, 11) is 0. The van der Waals surface area contributed by atoms with Gasteiger partial charge in [0.15, 0.2) is 0 Å². The first-order chi connectivity index (χ1) is 5.43. The van der Waals surface area contributed by atoms with Crippen molar-refractivity contribution in [2.24, 2.45) is 0 Å². The Morgan fingerprint density at radius 3 is 2.00 bits per heavy atom. The van der Waals surface area contributed by atoms with Crippen LogP contribution in [0.5, 0.6) is 0 Å². The zero-order chi connectivity index (χ0) is 9.11. The fraction of sp³-hybridized carbons (Fsp3) is 0.111. The Labute approximate surface area is 83.2 Å². The van der Waals surface area contributed by atoms with Crippen LogP contribution in [0.3, 0.4) is 0 Å². The van der Waals surface area contributed by atoms with Gasteiger partial charge in [0.2, 0.25) is 0 Å². The molecule has 0 atom stereocenters. The Morgan fingerprint density at radius 2 is 1.83 bits per heavy atom. The number of allylic oxidation sites excluding steroid dienone is 5. The van der Waals surface area contributed by atoms with Crippen molar-refractivity contribution in [2.45, 2.75) is 6.42 Å². The molecular formula is C9H11CoO2-. The summed E-state index contributed by atoms with van der Waals surface area (Å²) in [6.07, 6.45) is 9.95. The largest absolute Gasteiger partial charge is 0.307 e. The first-order valence-corrected chi connectivity index (χ1v) is 2.91. The molecule has 0 heterocycles. The maximum atomic E-state index is 8.00. The summed E-state index contributed by atoms with van der Waals surface area (Å²) in [5, 5.41) is 0. The molecule has 3 heteroatoms. The maximum absolute atomic E-state index is 8.00. The van der Waals surface area contributed by atoms with Gasteiger partial charge in [-0.2, -0.15) is 30.4 Å². The second-order valence-corrected chi connectivity index (χ2v) is 1.44. The zero-order valence-corrected chi connectivity index (χ0v) is 7.75. The molecule has 0 aliphatic heterocycles. The molecule has 0 unspecified atom stereocenters. The van der Waals surface area contributed by atoms with Crippen LogP contribution in [0.1, 0.15) is 6.42 Å². The molecule has 0 saturated carbocycles. The molecule has 0 amide bonds. The normalized spacial score (nSPS) is 10.5. The van der Waals surface area contributed by atoms with E-state index >= 15 is 0 Å². The number of carbonyl (C=O) groups is 2. The molecule has 0 saturated heterocycles. The molecular weight excluding hydrogens is 199 g/mol. The topological polar surface area (TPSA) is 34.1 Å². The molecule has 0 N–H and O–H groups in total. The maximum Gasteiger partial charge on any atom is 0.106 e. The minimum atomic E-state index is 0. The predicted molar refractivity (Wildman–Crippen MR) is 45.0 cm³/mol. The van der Waals surface area contributed by atoms with Crippen molar-refractivity contribution in [2.75, 3.05) is 0 Å². The molecule has 69 valence electrons. The van der Waals surface area contributed by atoms with E-state index in [1.807, 2.05) is 25.7 Å². The molecule has 0 fully saturated rings. The molecule has 1 aliphatic rings. The van der Waals surface area contributed by atoms with Crippen LogP contribution in [0.4, 0.5) is 0 Å². The summed E-state index contributed by atoms with van der Waals surface area (Å²) in [6, 6.07) is 0. The van der Waals surface area contributed by atoms with Crippen molar-refractivity contribution in [3.63, 3.8) is 0 Å².